The summed E-state index contributed by atoms with van der Waals surface area (Å²) < 4.78 is 13.0. The van der Waals surface area contributed by atoms with Gasteiger partial charge in [-0.1, -0.05) is 11.8 Å². The summed E-state index contributed by atoms with van der Waals surface area (Å²) in [6.45, 7) is 3.57. The molecule has 74 valence electrons. The fourth-order valence-electron chi connectivity index (χ4n) is 0.933. The monoisotopic (exact) mass is 192 g/mol. The molecule has 0 saturated carbocycles. The minimum atomic E-state index is -0.322. The molecule has 0 aromatic carbocycles. The average Bonchev–Trinajstić information content (AvgIpc) is 2.12. The number of hydrogen-bond donors (Lipinski definition) is 1. The minimum absolute atomic E-state index is 0.0457. The molecule has 0 amide bonds. The summed E-state index contributed by atoms with van der Waals surface area (Å²) in [4.78, 5) is 3.73. The quantitative estimate of drug-likeness (QED) is 0.687. The van der Waals surface area contributed by atoms with Crippen molar-refractivity contribution in [1.82, 2.24) is 4.98 Å². The van der Waals surface area contributed by atoms with Crippen LogP contribution in [0.5, 0.6) is 0 Å². The lowest BCUT2D eigenvalue weighted by Crippen LogP contribution is -2.12. The van der Waals surface area contributed by atoms with Crippen molar-refractivity contribution in [2.45, 2.75) is 26.3 Å². The van der Waals surface area contributed by atoms with Gasteiger partial charge in [-0.3, -0.25) is 4.98 Å². The highest BCUT2D eigenvalue weighted by Crippen LogP contribution is 2.08. The largest absolute Gasteiger partial charge is 0.327 e. The van der Waals surface area contributed by atoms with Gasteiger partial charge in [-0.15, -0.1) is 0 Å². The van der Waals surface area contributed by atoms with Gasteiger partial charge < -0.3 is 5.73 Å². The van der Waals surface area contributed by atoms with Crippen LogP contribution in [0, 0.1) is 24.6 Å². The van der Waals surface area contributed by atoms with E-state index in [1.807, 2.05) is 6.92 Å². The summed E-state index contributed by atoms with van der Waals surface area (Å²) in [5.41, 5.74) is 6.70. The number of aromatic nitrogens is 1. The topological polar surface area (TPSA) is 38.9 Å². The van der Waals surface area contributed by atoms with Crippen LogP contribution in [0.1, 0.15) is 24.5 Å². The smallest absolute Gasteiger partial charge is 0.145 e. The van der Waals surface area contributed by atoms with Gasteiger partial charge in [-0.25, -0.2) is 4.39 Å². The van der Waals surface area contributed by atoms with Crippen LogP contribution >= 0.6 is 0 Å². The molecule has 2 nitrogen and oxygen atoms in total. The van der Waals surface area contributed by atoms with E-state index in [4.69, 9.17) is 5.73 Å². The molecule has 0 unspecified atom stereocenters. The third-order valence-corrected chi connectivity index (χ3v) is 1.80. The van der Waals surface area contributed by atoms with E-state index in [9.17, 15) is 4.39 Å². The summed E-state index contributed by atoms with van der Waals surface area (Å²) in [5.74, 6) is 5.42. The molecule has 0 saturated heterocycles. The fourth-order valence-corrected chi connectivity index (χ4v) is 0.933. The van der Waals surface area contributed by atoms with Crippen LogP contribution in [-0.2, 0) is 0 Å². The van der Waals surface area contributed by atoms with Gasteiger partial charge in [0, 0.05) is 29.8 Å². The first kappa shape index (κ1) is 10.7. The average molecular weight is 192 g/mol. The van der Waals surface area contributed by atoms with E-state index >= 15 is 0 Å². The zero-order valence-electron chi connectivity index (χ0n) is 8.34. The van der Waals surface area contributed by atoms with Crippen LogP contribution in [0.25, 0.3) is 0 Å². The summed E-state index contributed by atoms with van der Waals surface area (Å²) in [6, 6.07) is 0.0457. The summed E-state index contributed by atoms with van der Waals surface area (Å²) in [5, 5.41) is 0. The van der Waals surface area contributed by atoms with Crippen LogP contribution in [0.15, 0.2) is 12.4 Å². The first-order chi connectivity index (χ1) is 6.61. The Labute approximate surface area is 83.3 Å². The SMILES string of the molecule is Cc1c(F)cncc1C#CC[C@H](C)N. The molecule has 1 rings (SSSR count). The predicted molar refractivity (Wildman–Crippen MR) is 54.1 cm³/mol. The van der Waals surface area contributed by atoms with Gasteiger partial charge in [0.15, 0.2) is 0 Å². The molecule has 0 aliphatic rings. The third kappa shape index (κ3) is 2.82. The normalized spacial score (nSPS) is 11.7. The van der Waals surface area contributed by atoms with Gasteiger partial charge in [0.25, 0.3) is 0 Å². The highest BCUT2D eigenvalue weighted by atomic mass is 19.1. The fraction of sp³-hybridized carbons (Fsp3) is 0.364. The highest BCUT2D eigenvalue weighted by Gasteiger charge is 2.00. The Morgan fingerprint density at radius 3 is 2.93 bits per heavy atom. The number of rotatable bonds is 1. The molecule has 0 aliphatic heterocycles. The molecular weight excluding hydrogens is 179 g/mol. The lowest BCUT2D eigenvalue weighted by atomic mass is 10.1. The first-order valence-corrected chi connectivity index (χ1v) is 4.46. The molecule has 3 heteroatoms. The number of halogens is 1. The Balaban J connectivity index is 2.85. The zero-order chi connectivity index (χ0) is 10.6. The van der Waals surface area contributed by atoms with Crippen molar-refractivity contribution >= 4 is 0 Å². The van der Waals surface area contributed by atoms with Crippen molar-refractivity contribution < 1.29 is 4.39 Å². The minimum Gasteiger partial charge on any atom is -0.327 e. The van der Waals surface area contributed by atoms with Crippen molar-refractivity contribution in [3.8, 4) is 11.8 Å². The van der Waals surface area contributed by atoms with Crippen LogP contribution in [0.2, 0.25) is 0 Å². The second-order valence-electron chi connectivity index (χ2n) is 3.28. The molecule has 1 aromatic rings. The standard InChI is InChI=1S/C11H13FN2/c1-8(13)4-3-5-10-6-14-7-11(12)9(10)2/h6-8H,4,13H2,1-2H3/t8-/m0/s1. The number of nitrogens with two attached hydrogens (primary N) is 1. The van der Waals surface area contributed by atoms with Crippen molar-refractivity contribution in [3.05, 3.63) is 29.3 Å². The maximum atomic E-state index is 13.0. The van der Waals surface area contributed by atoms with Crippen LogP contribution in [0.3, 0.4) is 0 Å². The first-order valence-electron chi connectivity index (χ1n) is 4.46. The molecule has 1 aromatic heterocycles. The van der Waals surface area contributed by atoms with Gasteiger partial charge >= 0.3 is 0 Å². The summed E-state index contributed by atoms with van der Waals surface area (Å²) in [7, 11) is 0. The Bertz CT molecular complexity index is 375. The Morgan fingerprint density at radius 1 is 1.57 bits per heavy atom. The van der Waals surface area contributed by atoms with Gasteiger partial charge in [0.1, 0.15) is 5.82 Å². The molecule has 14 heavy (non-hydrogen) atoms. The molecule has 0 spiro atoms. The lowest BCUT2D eigenvalue weighted by Gasteiger charge is -1.98. The zero-order valence-corrected chi connectivity index (χ0v) is 8.34. The second kappa shape index (κ2) is 4.73. The Hall–Kier alpha value is -1.40. The molecular formula is C11H13FN2. The van der Waals surface area contributed by atoms with Crippen molar-refractivity contribution in [1.29, 1.82) is 0 Å². The van der Waals surface area contributed by atoms with Gasteiger partial charge in [0.2, 0.25) is 0 Å². The highest BCUT2D eigenvalue weighted by molar-refractivity contribution is 5.38. The maximum Gasteiger partial charge on any atom is 0.145 e. The van der Waals surface area contributed by atoms with Crippen LogP contribution in [0.4, 0.5) is 4.39 Å². The van der Waals surface area contributed by atoms with Crippen molar-refractivity contribution in [2.24, 2.45) is 5.73 Å². The Kier molecular flexibility index (Phi) is 3.61. The molecule has 0 bridgehead atoms. The van der Waals surface area contributed by atoms with E-state index in [2.05, 4.69) is 16.8 Å². The van der Waals surface area contributed by atoms with Crippen LogP contribution in [-0.4, -0.2) is 11.0 Å². The van der Waals surface area contributed by atoms with E-state index in [1.54, 1.807) is 13.1 Å². The third-order valence-electron chi connectivity index (χ3n) is 1.80. The van der Waals surface area contributed by atoms with E-state index in [-0.39, 0.29) is 11.9 Å². The van der Waals surface area contributed by atoms with Gasteiger partial charge in [-0.05, 0) is 13.8 Å². The Morgan fingerprint density at radius 2 is 2.29 bits per heavy atom. The van der Waals surface area contributed by atoms with E-state index in [0.29, 0.717) is 17.5 Å². The van der Waals surface area contributed by atoms with E-state index in [1.165, 1.54) is 6.20 Å². The number of hydrogen-bond acceptors (Lipinski definition) is 2. The van der Waals surface area contributed by atoms with Gasteiger partial charge in [-0.2, -0.15) is 0 Å². The van der Waals surface area contributed by atoms with Crippen LogP contribution < -0.4 is 5.73 Å². The second-order valence-corrected chi connectivity index (χ2v) is 3.28. The molecule has 1 heterocycles. The molecule has 0 aliphatic carbocycles. The summed E-state index contributed by atoms with van der Waals surface area (Å²) >= 11 is 0. The predicted octanol–water partition coefficient (Wildman–Crippen LogP) is 1.62. The van der Waals surface area contributed by atoms with E-state index in [0.717, 1.165) is 0 Å². The molecule has 2 N–H and O–H groups in total. The number of nitrogens with zero attached hydrogens (tertiary/aromatic N) is 1. The maximum absolute atomic E-state index is 13.0. The lowest BCUT2D eigenvalue weighted by molar-refractivity contribution is 0.611. The van der Waals surface area contributed by atoms with E-state index < -0.39 is 0 Å². The number of pyridine rings is 1. The van der Waals surface area contributed by atoms with Gasteiger partial charge in [0.05, 0.1) is 6.20 Å². The molecule has 0 fully saturated rings. The van der Waals surface area contributed by atoms with Crippen molar-refractivity contribution in [3.63, 3.8) is 0 Å². The molecule has 0 radical (unpaired) electrons. The van der Waals surface area contributed by atoms with Crippen molar-refractivity contribution in [2.75, 3.05) is 0 Å². The summed E-state index contributed by atoms with van der Waals surface area (Å²) in [6.07, 6.45) is 3.36. The molecule has 1 atom stereocenters.